The molecule has 1 heterocycles. The molecule has 1 rings (SSSR count). The van der Waals surface area contributed by atoms with Crippen molar-refractivity contribution in [2.75, 3.05) is 5.75 Å². The number of aromatic nitrogens is 2. The number of nitrogens with zero attached hydrogens (tertiary/aromatic N) is 3. The fourth-order valence-electron chi connectivity index (χ4n) is 1.11. The Balaban J connectivity index is 2.10. The number of rotatable bonds is 6. The van der Waals surface area contributed by atoms with Gasteiger partial charge in [0.25, 0.3) is 0 Å². The molecule has 1 aromatic heterocycles. The van der Waals surface area contributed by atoms with Crippen molar-refractivity contribution >= 4 is 17.6 Å². The molecule has 0 bridgehead atoms. The fourth-order valence-corrected chi connectivity index (χ4v) is 2.04. The monoisotopic (exact) mass is 228 g/mol. The quantitative estimate of drug-likeness (QED) is 0.193. The van der Waals surface area contributed by atoms with Gasteiger partial charge in [-0.2, -0.15) is 0 Å². The standard InChI is InChI=1S/C9H16N4OS/c1-13-6-5-11-9(13)15-7-3-2-4-8(10)12-14/h5-6,14H,2-4,7H2,1H3,(H2,10,12). The number of oxime groups is 1. The van der Waals surface area contributed by atoms with Crippen molar-refractivity contribution in [3.63, 3.8) is 0 Å². The minimum absolute atomic E-state index is 0.303. The molecule has 1 aromatic rings. The van der Waals surface area contributed by atoms with Crippen LogP contribution in [0.3, 0.4) is 0 Å². The van der Waals surface area contributed by atoms with Crippen LogP contribution in [0.1, 0.15) is 19.3 Å². The van der Waals surface area contributed by atoms with E-state index in [0.29, 0.717) is 12.3 Å². The van der Waals surface area contributed by atoms with E-state index in [0.717, 1.165) is 23.8 Å². The predicted octanol–water partition coefficient (Wildman–Crippen LogP) is 1.43. The first-order chi connectivity index (χ1) is 7.24. The van der Waals surface area contributed by atoms with E-state index in [1.807, 2.05) is 17.8 Å². The molecule has 0 radical (unpaired) electrons. The van der Waals surface area contributed by atoms with E-state index in [2.05, 4.69) is 10.1 Å². The summed E-state index contributed by atoms with van der Waals surface area (Å²) in [4.78, 5) is 4.20. The molecule has 0 amide bonds. The molecule has 0 aliphatic heterocycles. The Hall–Kier alpha value is -1.17. The average molecular weight is 228 g/mol. The first-order valence-electron chi connectivity index (χ1n) is 4.80. The molecule has 0 unspecified atom stereocenters. The topological polar surface area (TPSA) is 76.4 Å². The van der Waals surface area contributed by atoms with Gasteiger partial charge in [0.15, 0.2) is 5.16 Å². The van der Waals surface area contributed by atoms with Gasteiger partial charge in [0.2, 0.25) is 0 Å². The first kappa shape index (κ1) is 11.9. The highest BCUT2D eigenvalue weighted by atomic mass is 32.2. The summed E-state index contributed by atoms with van der Waals surface area (Å²) in [6.45, 7) is 0. The largest absolute Gasteiger partial charge is 0.409 e. The maximum absolute atomic E-state index is 8.32. The molecule has 6 heteroatoms. The van der Waals surface area contributed by atoms with Gasteiger partial charge in [0.05, 0.1) is 0 Å². The lowest BCUT2D eigenvalue weighted by Crippen LogP contribution is -2.10. The SMILES string of the molecule is Cn1ccnc1SCCCC/C(N)=N/O. The van der Waals surface area contributed by atoms with E-state index in [9.17, 15) is 0 Å². The number of hydrogen-bond donors (Lipinski definition) is 2. The van der Waals surface area contributed by atoms with E-state index < -0.39 is 0 Å². The lowest BCUT2D eigenvalue weighted by atomic mass is 10.2. The van der Waals surface area contributed by atoms with Gasteiger partial charge in [-0.15, -0.1) is 0 Å². The number of unbranched alkanes of at least 4 members (excludes halogenated alkanes) is 1. The molecule has 0 saturated carbocycles. The molecule has 0 aromatic carbocycles. The number of imidazole rings is 1. The van der Waals surface area contributed by atoms with Gasteiger partial charge in [-0.25, -0.2) is 4.98 Å². The van der Waals surface area contributed by atoms with Gasteiger partial charge < -0.3 is 15.5 Å². The van der Waals surface area contributed by atoms with E-state index in [1.54, 1.807) is 18.0 Å². The van der Waals surface area contributed by atoms with Crippen LogP contribution in [0.25, 0.3) is 0 Å². The van der Waals surface area contributed by atoms with Crippen molar-refractivity contribution in [1.82, 2.24) is 9.55 Å². The predicted molar refractivity (Wildman–Crippen MR) is 61.2 cm³/mol. The summed E-state index contributed by atoms with van der Waals surface area (Å²) in [7, 11) is 1.98. The molecule has 0 fully saturated rings. The lowest BCUT2D eigenvalue weighted by molar-refractivity contribution is 0.316. The molecular weight excluding hydrogens is 212 g/mol. The highest BCUT2D eigenvalue weighted by molar-refractivity contribution is 7.99. The van der Waals surface area contributed by atoms with Gasteiger partial charge in [0, 0.05) is 31.6 Å². The van der Waals surface area contributed by atoms with Gasteiger partial charge in [-0.3, -0.25) is 0 Å². The first-order valence-corrected chi connectivity index (χ1v) is 5.79. The van der Waals surface area contributed by atoms with E-state index in [4.69, 9.17) is 10.9 Å². The number of aryl methyl sites for hydroxylation is 1. The Labute approximate surface area is 93.4 Å². The normalized spacial score (nSPS) is 11.9. The van der Waals surface area contributed by atoms with Gasteiger partial charge in [0.1, 0.15) is 5.84 Å². The minimum atomic E-state index is 0.303. The van der Waals surface area contributed by atoms with Crippen LogP contribution >= 0.6 is 11.8 Å². The zero-order valence-corrected chi connectivity index (χ0v) is 9.57. The smallest absolute Gasteiger partial charge is 0.167 e. The van der Waals surface area contributed by atoms with E-state index >= 15 is 0 Å². The van der Waals surface area contributed by atoms with Crippen molar-refractivity contribution in [2.24, 2.45) is 17.9 Å². The van der Waals surface area contributed by atoms with E-state index in [-0.39, 0.29) is 0 Å². The van der Waals surface area contributed by atoms with Crippen LogP contribution < -0.4 is 5.73 Å². The molecule has 0 atom stereocenters. The van der Waals surface area contributed by atoms with Crippen LogP contribution in [-0.2, 0) is 7.05 Å². The minimum Gasteiger partial charge on any atom is -0.409 e. The summed E-state index contributed by atoms with van der Waals surface area (Å²) in [6, 6.07) is 0. The molecule has 0 aliphatic carbocycles. The third-order valence-electron chi connectivity index (χ3n) is 1.96. The highest BCUT2D eigenvalue weighted by Gasteiger charge is 1.99. The van der Waals surface area contributed by atoms with Crippen molar-refractivity contribution in [2.45, 2.75) is 24.4 Å². The van der Waals surface area contributed by atoms with Gasteiger partial charge in [-0.1, -0.05) is 16.9 Å². The fraction of sp³-hybridized carbons (Fsp3) is 0.556. The van der Waals surface area contributed by atoms with Crippen molar-refractivity contribution in [3.05, 3.63) is 12.4 Å². The molecule has 15 heavy (non-hydrogen) atoms. The molecule has 3 N–H and O–H groups in total. The molecule has 0 spiro atoms. The van der Waals surface area contributed by atoms with Crippen LogP contribution in [0.2, 0.25) is 0 Å². The molecule has 0 aliphatic rings. The maximum Gasteiger partial charge on any atom is 0.167 e. The number of amidine groups is 1. The van der Waals surface area contributed by atoms with Gasteiger partial charge >= 0.3 is 0 Å². The Morgan fingerprint density at radius 1 is 1.67 bits per heavy atom. The van der Waals surface area contributed by atoms with Crippen LogP contribution in [-0.4, -0.2) is 26.3 Å². The van der Waals surface area contributed by atoms with Crippen LogP contribution in [0.15, 0.2) is 22.7 Å². The zero-order chi connectivity index (χ0) is 11.1. The summed E-state index contributed by atoms with van der Waals surface area (Å²) in [5.74, 6) is 1.31. The van der Waals surface area contributed by atoms with Crippen LogP contribution in [0.5, 0.6) is 0 Å². The number of thioether (sulfide) groups is 1. The number of nitrogens with two attached hydrogens (primary N) is 1. The molecular formula is C9H16N4OS. The summed E-state index contributed by atoms with van der Waals surface area (Å²) in [5.41, 5.74) is 5.35. The highest BCUT2D eigenvalue weighted by Crippen LogP contribution is 2.16. The molecule has 0 saturated heterocycles. The van der Waals surface area contributed by atoms with E-state index in [1.165, 1.54) is 0 Å². The Morgan fingerprint density at radius 3 is 3.07 bits per heavy atom. The maximum atomic E-state index is 8.32. The van der Waals surface area contributed by atoms with Crippen LogP contribution in [0.4, 0.5) is 0 Å². The number of hydrogen-bond acceptors (Lipinski definition) is 4. The van der Waals surface area contributed by atoms with Crippen molar-refractivity contribution in [1.29, 1.82) is 0 Å². The Bertz CT molecular complexity index is 324. The molecule has 5 nitrogen and oxygen atoms in total. The Kier molecular flexibility index (Phi) is 5.03. The summed E-state index contributed by atoms with van der Waals surface area (Å²) >= 11 is 1.72. The summed E-state index contributed by atoms with van der Waals surface area (Å²) in [6.07, 6.45) is 6.34. The zero-order valence-electron chi connectivity index (χ0n) is 8.76. The third-order valence-corrected chi connectivity index (χ3v) is 3.11. The van der Waals surface area contributed by atoms with Gasteiger partial charge in [-0.05, 0) is 12.8 Å². The van der Waals surface area contributed by atoms with Crippen LogP contribution in [0, 0.1) is 0 Å². The summed E-state index contributed by atoms with van der Waals surface area (Å²) in [5, 5.41) is 12.3. The molecule has 84 valence electrons. The Morgan fingerprint density at radius 2 is 2.47 bits per heavy atom. The lowest BCUT2D eigenvalue weighted by Gasteiger charge is -2.01. The van der Waals surface area contributed by atoms with Crippen molar-refractivity contribution < 1.29 is 5.21 Å². The van der Waals surface area contributed by atoms with Crippen molar-refractivity contribution in [3.8, 4) is 0 Å². The second-order valence-electron chi connectivity index (χ2n) is 3.22. The average Bonchev–Trinajstić information content (AvgIpc) is 2.63. The third kappa shape index (κ3) is 4.24. The second kappa shape index (κ2) is 6.34. The summed E-state index contributed by atoms with van der Waals surface area (Å²) < 4.78 is 1.99. The second-order valence-corrected chi connectivity index (χ2v) is 4.28.